The second-order valence-electron chi connectivity index (χ2n) is 3.58. The summed E-state index contributed by atoms with van der Waals surface area (Å²) in [5.41, 5.74) is -1.14. The van der Waals surface area contributed by atoms with Crippen molar-refractivity contribution in [2.45, 2.75) is 25.6 Å². The second-order valence-corrected chi connectivity index (χ2v) is 3.58. The van der Waals surface area contributed by atoms with Crippen molar-refractivity contribution in [3.05, 3.63) is 29.3 Å². The molecule has 0 saturated heterocycles. The van der Waals surface area contributed by atoms with Gasteiger partial charge in [0.25, 0.3) is 6.43 Å². The van der Waals surface area contributed by atoms with Gasteiger partial charge in [-0.15, -0.1) is 13.2 Å². The van der Waals surface area contributed by atoms with Crippen LogP contribution in [0.4, 0.5) is 22.0 Å². The molecule has 1 N–H and O–H groups in total. The number of aliphatic carboxylic acids is 1. The number of ether oxygens (including phenoxy) is 1. The predicted octanol–water partition coefficient (Wildman–Crippen LogP) is 3.54. The Bertz CT molecular complexity index is 456. The van der Waals surface area contributed by atoms with E-state index in [1.54, 1.807) is 0 Å². The van der Waals surface area contributed by atoms with Gasteiger partial charge in [-0.2, -0.15) is 0 Å². The SMILES string of the molecule is O=C(O)CCc1cccc(C(F)F)c1OC(F)(F)F. The summed E-state index contributed by atoms with van der Waals surface area (Å²) in [7, 11) is 0. The molecule has 1 aromatic rings. The topological polar surface area (TPSA) is 46.5 Å². The van der Waals surface area contributed by atoms with E-state index >= 15 is 0 Å². The third-order valence-corrected chi connectivity index (χ3v) is 2.19. The van der Waals surface area contributed by atoms with Gasteiger partial charge in [-0.25, -0.2) is 8.78 Å². The molecule has 1 rings (SSSR count). The Kier molecular flexibility index (Phi) is 4.68. The molecule has 0 amide bonds. The Labute approximate surface area is 104 Å². The van der Waals surface area contributed by atoms with Gasteiger partial charge in [0.2, 0.25) is 0 Å². The van der Waals surface area contributed by atoms with E-state index < -0.39 is 36.5 Å². The summed E-state index contributed by atoms with van der Waals surface area (Å²) in [4.78, 5) is 10.4. The molecule has 8 heteroatoms. The number of carbonyl (C=O) groups is 1. The van der Waals surface area contributed by atoms with Gasteiger partial charge in [0.1, 0.15) is 5.75 Å². The lowest BCUT2D eigenvalue weighted by atomic mass is 10.0. The predicted molar refractivity (Wildman–Crippen MR) is 54.0 cm³/mol. The first kappa shape index (κ1) is 15.2. The molecule has 0 saturated carbocycles. The monoisotopic (exact) mass is 284 g/mol. The first-order valence-corrected chi connectivity index (χ1v) is 5.08. The van der Waals surface area contributed by atoms with Crippen LogP contribution in [0.15, 0.2) is 18.2 Å². The summed E-state index contributed by atoms with van der Waals surface area (Å²) in [6, 6.07) is 3.05. The first-order valence-electron chi connectivity index (χ1n) is 5.08. The fourth-order valence-corrected chi connectivity index (χ4v) is 1.46. The fraction of sp³-hybridized carbons (Fsp3) is 0.364. The lowest BCUT2D eigenvalue weighted by molar-refractivity contribution is -0.275. The molecular weight excluding hydrogens is 275 g/mol. The van der Waals surface area contributed by atoms with Gasteiger partial charge in [-0.3, -0.25) is 4.79 Å². The van der Waals surface area contributed by atoms with Crippen molar-refractivity contribution < 1.29 is 36.6 Å². The van der Waals surface area contributed by atoms with Crippen LogP contribution in [0.25, 0.3) is 0 Å². The van der Waals surface area contributed by atoms with E-state index in [0.717, 1.165) is 18.2 Å². The summed E-state index contributed by atoms with van der Waals surface area (Å²) in [6.07, 6.45) is -9.09. The molecule has 1 aromatic carbocycles. The molecule has 0 heterocycles. The minimum absolute atomic E-state index is 0.225. The van der Waals surface area contributed by atoms with E-state index in [4.69, 9.17) is 5.11 Å². The number of hydrogen-bond donors (Lipinski definition) is 1. The van der Waals surface area contributed by atoms with Gasteiger partial charge >= 0.3 is 12.3 Å². The van der Waals surface area contributed by atoms with Crippen molar-refractivity contribution >= 4 is 5.97 Å². The van der Waals surface area contributed by atoms with Gasteiger partial charge in [0, 0.05) is 6.42 Å². The number of alkyl halides is 5. The average molecular weight is 284 g/mol. The zero-order valence-electron chi connectivity index (χ0n) is 9.38. The van der Waals surface area contributed by atoms with E-state index in [9.17, 15) is 26.7 Å². The number of carboxylic acid groups (broad SMARTS) is 1. The number of carboxylic acids is 1. The van der Waals surface area contributed by atoms with Crippen LogP contribution in [-0.2, 0) is 11.2 Å². The number of halogens is 5. The van der Waals surface area contributed by atoms with Crippen LogP contribution in [0.5, 0.6) is 5.75 Å². The van der Waals surface area contributed by atoms with Gasteiger partial charge in [0.15, 0.2) is 0 Å². The highest BCUT2D eigenvalue weighted by atomic mass is 19.4. The Morgan fingerprint density at radius 1 is 1.32 bits per heavy atom. The summed E-state index contributed by atoms with van der Waals surface area (Å²) in [5.74, 6) is -2.27. The summed E-state index contributed by atoms with van der Waals surface area (Å²) < 4.78 is 65.4. The Hall–Kier alpha value is -1.86. The van der Waals surface area contributed by atoms with Gasteiger partial charge in [-0.05, 0) is 18.1 Å². The smallest absolute Gasteiger partial charge is 0.481 e. The second kappa shape index (κ2) is 5.85. The van der Waals surface area contributed by atoms with E-state index in [2.05, 4.69) is 4.74 Å². The first-order chi connectivity index (χ1) is 8.70. The highest BCUT2D eigenvalue weighted by Crippen LogP contribution is 2.36. The van der Waals surface area contributed by atoms with Crippen LogP contribution in [0.2, 0.25) is 0 Å². The zero-order valence-corrected chi connectivity index (χ0v) is 9.38. The molecular formula is C11H9F5O3. The summed E-state index contributed by atoms with van der Waals surface area (Å²) in [5, 5.41) is 8.47. The van der Waals surface area contributed by atoms with E-state index in [0.29, 0.717) is 0 Å². The molecule has 0 aliphatic carbocycles. The van der Waals surface area contributed by atoms with E-state index in [1.165, 1.54) is 0 Å². The van der Waals surface area contributed by atoms with Gasteiger partial charge in [0.05, 0.1) is 5.56 Å². The molecule has 0 aliphatic heterocycles. The normalized spacial score (nSPS) is 11.7. The maximum Gasteiger partial charge on any atom is 0.573 e. The standard InChI is InChI=1S/C11H9F5O3/c12-10(13)7-3-1-2-6(4-5-8(17)18)9(7)19-11(14,15)16/h1-3,10H,4-5H2,(H,17,18). The number of hydrogen-bond acceptors (Lipinski definition) is 2. The molecule has 0 spiro atoms. The molecule has 0 fully saturated rings. The molecule has 3 nitrogen and oxygen atoms in total. The molecule has 19 heavy (non-hydrogen) atoms. The molecule has 106 valence electrons. The fourth-order valence-electron chi connectivity index (χ4n) is 1.46. The van der Waals surface area contributed by atoms with Crippen molar-refractivity contribution in [2.75, 3.05) is 0 Å². The molecule has 0 atom stereocenters. The third-order valence-electron chi connectivity index (χ3n) is 2.19. The number of benzene rings is 1. The zero-order chi connectivity index (χ0) is 14.6. The molecule has 0 unspecified atom stereocenters. The number of aryl methyl sites for hydroxylation is 1. The van der Waals surface area contributed by atoms with Crippen molar-refractivity contribution in [3.8, 4) is 5.75 Å². The minimum atomic E-state index is -5.12. The molecule has 0 aromatic heterocycles. The van der Waals surface area contributed by atoms with Crippen LogP contribution in [0, 0.1) is 0 Å². The van der Waals surface area contributed by atoms with Crippen LogP contribution in [0.3, 0.4) is 0 Å². The van der Waals surface area contributed by atoms with E-state index in [1.807, 2.05) is 0 Å². The third kappa shape index (κ3) is 4.72. The Morgan fingerprint density at radius 2 is 1.95 bits per heavy atom. The Balaban J connectivity index is 3.14. The molecule has 0 bridgehead atoms. The maximum absolute atomic E-state index is 12.6. The van der Waals surface area contributed by atoms with E-state index in [-0.39, 0.29) is 12.0 Å². The van der Waals surface area contributed by atoms with Crippen LogP contribution in [-0.4, -0.2) is 17.4 Å². The van der Waals surface area contributed by atoms with Crippen molar-refractivity contribution in [1.82, 2.24) is 0 Å². The van der Waals surface area contributed by atoms with Crippen LogP contribution < -0.4 is 4.74 Å². The quantitative estimate of drug-likeness (QED) is 0.841. The molecule has 0 aliphatic rings. The lowest BCUT2D eigenvalue weighted by Gasteiger charge is -2.16. The maximum atomic E-state index is 12.6. The minimum Gasteiger partial charge on any atom is -0.481 e. The van der Waals surface area contributed by atoms with Gasteiger partial charge < -0.3 is 9.84 Å². The van der Waals surface area contributed by atoms with Crippen LogP contribution in [0.1, 0.15) is 24.0 Å². The molecule has 0 radical (unpaired) electrons. The lowest BCUT2D eigenvalue weighted by Crippen LogP contribution is -2.19. The number of rotatable bonds is 5. The highest BCUT2D eigenvalue weighted by molar-refractivity contribution is 5.67. The summed E-state index contributed by atoms with van der Waals surface area (Å²) in [6.45, 7) is 0. The Morgan fingerprint density at radius 3 is 2.42 bits per heavy atom. The van der Waals surface area contributed by atoms with Crippen molar-refractivity contribution in [3.63, 3.8) is 0 Å². The largest absolute Gasteiger partial charge is 0.573 e. The van der Waals surface area contributed by atoms with Crippen molar-refractivity contribution in [1.29, 1.82) is 0 Å². The highest BCUT2D eigenvalue weighted by Gasteiger charge is 2.34. The average Bonchev–Trinajstić information content (AvgIpc) is 2.24. The van der Waals surface area contributed by atoms with Gasteiger partial charge in [-0.1, -0.05) is 12.1 Å². The van der Waals surface area contributed by atoms with Crippen LogP contribution >= 0.6 is 0 Å². The van der Waals surface area contributed by atoms with Crippen molar-refractivity contribution in [2.24, 2.45) is 0 Å². The summed E-state index contributed by atoms with van der Waals surface area (Å²) >= 11 is 0. The number of para-hydroxylation sites is 1.